The number of hydrogen-bond acceptors (Lipinski definition) is 4. The SMILES string of the molecule is CCCN(CCC)S(=O)(=O)N1C(CC)SCC1C(=O)O. The molecule has 1 saturated heterocycles. The fourth-order valence-corrected chi connectivity index (χ4v) is 6.18. The normalized spacial score (nSPS) is 24.4. The zero-order valence-corrected chi connectivity index (χ0v) is 13.9. The van der Waals surface area contributed by atoms with Gasteiger partial charge in [0.1, 0.15) is 6.04 Å². The van der Waals surface area contributed by atoms with Crippen LogP contribution in [0.5, 0.6) is 0 Å². The smallest absolute Gasteiger partial charge is 0.322 e. The summed E-state index contributed by atoms with van der Waals surface area (Å²) in [4.78, 5) is 11.3. The molecule has 0 aliphatic carbocycles. The third-order valence-corrected chi connectivity index (χ3v) is 6.86. The van der Waals surface area contributed by atoms with Crippen LogP contribution in [-0.4, -0.2) is 58.4 Å². The van der Waals surface area contributed by atoms with E-state index in [9.17, 15) is 18.3 Å². The summed E-state index contributed by atoms with van der Waals surface area (Å²) in [6.07, 6.45) is 2.04. The molecule has 6 nitrogen and oxygen atoms in total. The van der Waals surface area contributed by atoms with Gasteiger partial charge in [-0.15, -0.1) is 11.8 Å². The molecule has 0 amide bonds. The summed E-state index contributed by atoms with van der Waals surface area (Å²) in [5.74, 6) is -0.746. The molecule has 0 spiro atoms. The molecule has 1 rings (SSSR count). The van der Waals surface area contributed by atoms with Gasteiger partial charge in [0.05, 0.1) is 5.37 Å². The summed E-state index contributed by atoms with van der Waals surface area (Å²) < 4.78 is 28.2. The number of carboxylic acids is 1. The number of rotatable bonds is 8. The fourth-order valence-electron chi connectivity index (χ4n) is 2.31. The molecule has 2 unspecified atom stereocenters. The molecule has 0 radical (unpaired) electrons. The Hall–Kier alpha value is -0.310. The van der Waals surface area contributed by atoms with E-state index in [-0.39, 0.29) is 5.37 Å². The number of aliphatic carboxylic acids is 1. The van der Waals surface area contributed by atoms with Gasteiger partial charge in [0.2, 0.25) is 0 Å². The van der Waals surface area contributed by atoms with Crippen LogP contribution >= 0.6 is 11.8 Å². The van der Waals surface area contributed by atoms with Crippen LogP contribution in [0.2, 0.25) is 0 Å². The highest BCUT2D eigenvalue weighted by molar-refractivity contribution is 8.01. The van der Waals surface area contributed by atoms with Crippen LogP contribution in [0.3, 0.4) is 0 Å². The lowest BCUT2D eigenvalue weighted by molar-refractivity contribution is -0.140. The van der Waals surface area contributed by atoms with Crippen molar-refractivity contribution in [1.82, 2.24) is 8.61 Å². The van der Waals surface area contributed by atoms with Gasteiger partial charge in [-0.1, -0.05) is 20.8 Å². The van der Waals surface area contributed by atoms with Crippen LogP contribution in [0.4, 0.5) is 0 Å². The van der Waals surface area contributed by atoms with Crippen molar-refractivity contribution in [2.24, 2.45) is 0 Å². The van der Waals surface area contributed by atoms with Gasteiger partial charge in [-0.3, -0.25) is 4.79 Å². The Labute approximate surface area is 125 Å². The lowest BCUT2D eigenvalue weighted by Gasteiger charge is -2.32. The van der Waals surface area contributed by atoms with Crippen molar-refractivity contribution >= 4 is 27.9 Å². The molecule has 0 aromatic rings. The Kier molecular flexibility index (Phi) is 6.77. The molecule has 1 aliphatic heterocycles. The summed E-state index contributed by atoms with van der Waals surface area (Å²) in [5, 5.41) is 8.98. The molecule has 8 heteroatoms. The number of nitrogens with zero attached hydrogens (tertiary/aromatic N) is 2. The lowest BCUT2D eigenvalue weighted by Crippen LogP contribution is -2.52. The second-order valence-corrected chi connectivity index (χ2v) is 7.83. The van der Waals surface area contributed by atoms with Crippen LogP contribution in [-0.2, 0) is 15.0 Å². The second-order valence-electron chi connectivity index (χ2n) is 4.79. The van der Waals surface area contributed by atoms with Gasteiger partial charge >= 0.3 is 5.97 Å². The fraction of sp³-hybridized carbons (Fsp3) is 0.917. The summed E-state index contributed by atoms with van der Waals surface area (Å²) in [5.41, 5.74) is 0. The van der Waals surface area contributed by atoms with Crippen molar-refractivity contribution in [3.8, 4) is 0 Å². The Morgan fingerprint density at radius 3 is 2.25 bits per heavy atom. The molecule has 20 heavy (non-hydrogen) atoms. The number of carbonyl (C=O) groups is 1. The Bertz CT molecular complexity index is 421. The molecule has 1 N–H and O–H groups in total. The summed E-state index contributed by atoms with van der Waals surface area (Å²) in [6, 6.07) is -0.953. The highest BCUT2D eigenvalue weighted by Gasteiger charge is 2.46. The largest absolute Gasteiger partial charge is 0.480 e. The standard InChI is InChI=1S/C12H24N2O4S2/c1-4-7-13(8-5-2)20(17,18)14-10(12(15)16)9-19-11(14)6-3/h10-11H,4-9H2,1-3H3,(H,15,16). The molecule has 0 aromatic carbocycles. The van der Waals surface area contributed by atoms with Crippen molar-refractivity contribution < 1.29 is 18.3 Å². The summed E-state index contributed by atoms with van der Waals surface area (Å²) in [6.45, 7) is 6.58. The number of hydrogen-bond donors (Lipinski definition) is 1. The first kappa shape index (κ1) is 17.7. The molecular formula is C12H24N2O4S2. The quantitative estimate of drug-likeness (QED) is 0.733. The highest BCUT2D eigenvalue weighted by Crippen LogP contribution is 2.35. The van der Waals surface area contributed by atoms with Crippen molar-refractivity contribution in [3.05, 3.63) is 0 Å². The number of thioether (sulfide) groups is 1. The van der Waals surface area contributed by atoms with Crippen molar-refractivity contribution in [2.75, 3.05) is 18.8 Å². The molecule has 0 bridgehead atoms. The number of carboxylic acid groups (broad SMARTS) is 1. The van der Waals surface area contributed by atoms with Crippen LogP contribution in [0.1, 0.15) is 40.0 Å². The maximum absolute atomic E-state index is 12.8. The van der Waals surface area contributed by atoms with Crippen LogP contribution in [0.15, 0.2) is 0 Å². The van der Waals surface area contributed by atoms with E-state index in [1.54, 1.807) is 0 Å². The van der Waals surface area contributed by atoms with E-state index in [4.69, 9.17) is 0 Å². The average molecular weight is 324 g/mol. The summed E-state index contributed by atoms with van der Waals surface area (Å²) >= 11 is 1.41. The Morgan fingerprint density at radius 2 is 1.85 bits per heavy atom. The highest BCUT2D eigenvalue weighted by atomic mass is 32.2. The van der Waals surface area contributed by atoms with Crippen LogP contribution in [0, 0.1) is 0 Å². The van der Waals surface area contributed by atoms with E-state index in [0.29, 0.717) is 25.3 Å². The minimum atomic E-state index is -3.72. The molecule has 1 heterocycles. The maximum Gasteiger partial charge on any atom is 0.322 e. The van der Waals surface area contributed by atoms with Crippen LogP contribution in [0.25, 0.3) is 0 Å². The first-order chi connectivity index (χ1) is 9.39. The second kappa shape index (κ2) is 7.63. The van der Waals surface area contributed by atoms with E-state index in [1.165, 1.54) is 20.4 Å². The van der Waals surface area contributed by atoms with Gasteiger partial charge in [-0.05, 0) is 19.3 Å². The zero-order chi connectivity index (χ0) is 15.3. The first-order valence-corrected chi connectivity index (χ1v) is 9.47. The maximum atomic E-state index is 12.8. The monoisotopic (exact) mass is 324 g/mol. The lowest BCUT2D eigenvalue weighted by atomic mass is 10.3. The van der Waals surface area contributed by atoms with Crippen molar-refractivity contribution in [3.63, 3.8) is 0 Å². The third kappa shape index (κ3) is 3.66. The first-order valence-electron chi connectivity index (χ1n) is 7.03. The molecule has 2 atom stereocenters. The van der Waals surface area contributed by atoms with Crippen molar-refractivity contribution in [1.29, 1.82) is 0 Å². The average Bonchev–Trinajstić information content (AvgIpc) is 2.83. The topological polar surface area (TPSA) is 77.9 Å². The molecule has 1 fully saturated rings. The van der Waals surface area contributed by atoms with Gasteiger partial charge < -0.3 is 5.11 Å². The van der Waals surface area contributed by atoms with E-state index in [2.05, 4.69) is 0 Å². The Morgan fingerprint density at radius 1 is 1.30 bits per heavy atom. The minimum Gasteiger partial charge on any atom is -0.480 e. The van der Waals surface area contributed by atoms with Gasteiger partial charge in [0.25, 0.3) is 10.2 Å². The van der Waals surface area contributed by atoms with E-state index in [1.807, 2.05) is 20.8 Å². The molecule has 118 valence electrons. The predicted octanol–water partition coefficient (Wildman–Crippen LogP) is 1.59. The van der Waals surface area contributed by atoms with Gasteiger partial charge in [-0.25, -0.2) is 0 Å². The molecular weight excluding hydrogens is 300 g/mol. The third-order valence-electron chi connectivity index (χ3n) is 3.21. The van der Waals surface area contributed by atoms with Gasteiger partial charge in [0.15, 0.2) is 0 Å². The predicted molar refractivity (Wildman–Crippen MR) is 80.9 cm³/mol. The molecule has 0 aromatic heterocycles. The molecule has 0 saturated carbocycles. The molecule has 1 aliphatic rings. The van der Waals surface area contributed by atoms with E-state index >= 15 is 0 Å². The van der Waals surface area contributed by atoms with Gasteiger partial charge in [0, 0.05) is 18.8 Å². The van der Waals surface area contributed by atoms with Crippen molar-refractivity contribution in [2.45, 2.75) is 51.4 Å². The van der Waals surface area contributed by atoms with Crippen LogP contribution < -0.4 is 0 Å². The summed E-state index contributed by atoms with van der Waals surface area (Å²) in [7, 11) is -3.72. The van der Waals surface area contributed by atoms with E-state index in [0.717, 1.165) is 12.8 Å². The van der Waals surface area contributed by atoms with Gasteiger partial charge in [-0.2, -0.15) is 17.0 Å². The zero-order valence-electron chi connectivity index (χ0n) is 12.3. The Balaban J connectivity index is 3.09. The minimum absolute atomic E-state index is 0.280. The van der Waals surface area contributed by atoms with E-state index < -0.39 is 22.2 Å².